The maximum atomic E-state index is 5.52. The lowest BCUT2D eigenvalue weighted by Crippen LogP contribution is -1.97. The van der Waals surface area contributed by atoms with E-state index in [1.54, 1.807) is 7.11 Å². The van der Waals surface area contributed by atoms with Crippen LogP contribution in [0.3, 0.4) is 0 Å². The van der Waals surface area contributed by atoms with E-state index in [9.17, 15) is 0 Å². The van der Waals surface area contributed by atoms with E-state index in [4.69, 9.17) is 14.8 Å². The van der Waals surface area contributed by atoms with Gasteiger partial charge in [-0.05, 0) is 18.2 Å². The smallest absolute Gasteiger partial charge is 0.145 e. The second-order valence-electron chi connectivity index (χ2n) is 6.34. The summed E-state index contributed by atoms with van der Waals surface area (Å²) in [6, 6.07) is 26.4. The number of pyridine rings is 1. The fourth-order valence-electron chi connectivity index (χ4n) is 3.52. The van der Waals surface area contributed by atoms with E-state index in [0.29, 0.717) is 0 Å². The van der Waals surface area contributed by atoms with Crippen LogP contribution in [-0.4, -0.2) is 21.9 Å². The van der Waals surface area contributed by atoms with Gasteiger partial charge >= 0.3 is 0 Å². The van der Waals surface area contributed by atoms with Crippen LogP contribution < -0.4 is 4.74 Å². The Kier molecular flexibility index (Phi) is 3.61. The molecule has 4 heteroatoms. The summed E-state index contributed by atoms with van der Waals surface area (Å²) in [5.41, 5.74) is 4.88. The Balaban J connectivity index is 1.93. The number of para-hydroxylation sites is 2. The number of rotatable bonds is 3. The van der Waals surface area contributed by atoms with E-state index in [-0.39, 0.29) is 0 Å². The van der Waals surface area contributed by atoms with Gasteiger partial charge in [-0.25, -0.2) is 4.68 Å². The second-order valence-corrected chi connectivity index (χ2v) is 6.34. The summed E-state index contributed by atoms with van der Waals surface area (Å²) in [7, 11) is 1.67. The molecule has 0 atom stereocenters. The minimum absolute atomic E-state index is 0.761. The van der Waals surface area contributed by atoms with Crippen LogP contribution in [0, 0.1) is 0 Å². The lowest BCUT2D eigenvalue weighted by atomic mass is 10.1. The highest BCUT2D eigenvalue weighted by Crippen LogP contribution is 2.35. The van der Waals surface area contributed by atoms with Crippen molar-refractivity contribution in [3.8, 4) is 22.7 Å². The summed E-state index contributed by atoms with van der Waals surface area (Å²) in [5.74, 6) is 0.761. The lowest BCUT2D eigenvalue weighted by Gasteiger charge is -2.08. The lowest BCUT2D eigenvalue weighted by molar-refractivity contribution is 0.419. The van der Waals surface area contributed by atoms with Crippen LogP contribution in [0.25, 0.3) is 38.8 Å². The minimum Gasteiger partial charge on any atom is -0.494 e. The molecule has 27 heavy (non-hydrogen) atoms. The molecule has 5 rings (SSSR count). The van der Waals surface area contributed by atoms with Crippen molar-refractivity contribution in [3.05, 3.63) is 85.1 Å². The van der Waals surface area contributed by atoms with Gasteiger partial charge in [0, 0.05) is 22.5 Å². The summed E-state index contributed by atoms with van der Waals surface area (Å²) in [6.45, 7) is 0. The van der Waals surface area contributed by atoms with Crippen LogP contribution in [0.5, 0.6) is 5.75 Å². The zero-order valence-electron chi connectivity index (χ0n) is 14.8. The number of hydrogen-bond donors (Lipinski definition) is 0. The van der Waals surface area contributed by atoms with Crippen molar-refractivity contribution in [2.75, 3.05) is 7.11 Å². The van der Waals surface area contributed by atoms with Gasteiger partial charge < -0.3 is 4.74 Å². The first kappa shape index (κ1) is 15.6. The molecule has 0 N–H and O–H groups in total. The normalized spacial score (nSPS) is 11.1. The Morgan fingerprint density at radius 1 is 0.778 bits per heavy atom. The predicted octanol–water partition coefficient (Wildman–Crippen LogP) is 5.25. The number of aromatic nitrogens is 3. The predicted molar refractivity (Wildman–Crippen MR) is 108 cm³/mol. The number of methoxy groups -OCH3 is 1. The standard InChI is InChI=1S/C23H17N3O/c1-27-20-14-8-13-18-22(20)24-15-19-21(16-9-4-2-5-10-16)25-26(23(18)19)17-11-6-3-7-12-17/h2-15H,1H3. The Bertz CT molecular complexity index is 1240. The quantitative estimate of drug-likeness (QED) is 0.446. The number of ether oxygens (including phenoxy) is 1. The molecule has 0 unspecified atom stereocenters. The van der Waals surface area contributed by atoms with Crippen LogP contribution in [0.4, 0.5) is 0 Å². The van der Waals surface area contributed by atoms with Crippen LogP contribution >= 0.6 is 0 Å². The van der Waals surface area contributed by atoms with E-state index >= 15 is 0 Å². The van der Waals surface area contributed by atoms with Gasteiger partial charge in [-0.15, -0.1) is 0 Å². The van der Waals surface area contributed by atoms with Gasteiger partial charge in [0.15, 0.2) is 0 Å². The van der Waals surface area contributed by atoms with Crippen molar-refractivity contribution >= 4 is 21.8 Å². The second kappa shape index (κ2) is 6.25. The van der Waals surface area contributed by atoms with Gasteiger partial charge in [0.2, 0.25) is 0 Å². The zero-order valence-corrected chi connectivity index (χ0v) is 14.8. The Hall–Kier alpha value is -3.66. The Labute approximate surface area is 156 Å². The van der Waals surface area contributed by atoms with Crippen LogP contribution in [0.1, 0.15) is 0 Å². The zero-order chi connectivity index (χ0) is 18.2. The van der Waals surface area contributed by atoms with Crippen LogP contribution in [0.2, 0.25) is 0 Å². The molecule has 2 heterocycles. The highest BCUT2D eigenvalue weighted by atomic mass is 16.5. The minimum atomic E-state index is 0.761. The maximum absolute atomic E-state index is 5.52. The van der Waals surface area contributed by atoms with Gasteiger partial charge in [0.1, 0.15) is 17.0 Å². The molecule has 0 fully saturated rings. The van der Waals surface area contributed by atoms with Gasteiger partial charge in [-0.3, -0.25) is 4.98 Å². The molecular weight excluding hydrogens is 334 g/mol. The van der Waals surface area contributed by atoms with E-state index in [1.807, 2.05) is 59.4 Å². The van der Waals surface area contributed by atoms with E-state index in [1.165, 1.54) is 0 Å². The number of fused-ring (bicyclic) bond motifs is 3. The van der Waals surface area contributed by atoms with E-state index < -0.39 is 0 Å². The van der Waals surface area contributed by atoms with Crippen LogP contribution in [-0.2, 0) is 0 Å². The first-order valence-electron chi connectivity index (χ1n) is 8.82. The fourth-order valence-corrected chi connectivity index (χ4v) is 3.52. The molecule has 0 amide bonds. The summed E-state index contributed by atoms with van der Waals surface area (Å²) < 4.78 is 7.52. The topological polar surface area (TPSA) is 39.9 Å². The van der Waals surface area contributed by atoms with Crippen molar-refractivity contribution in [2.24, 2.45) is 0 Å². The average molecular weight is 351 g/mol. The Morgan fingerprint density at radius 2 is 1.52 bits per heavy atom. The molecule has 0 saturated heterocycles. The van der Waals surface area contributed by atoms with Gasteiger partial charge in [0.25, 0.3) is 0 Å². The first-order valence-corrected chi connectivity index (χ1v) is 8.82. The van der Waals surface area contributed by atoms with Crippen molar-refractivity contribution in [1.29, 1.82) is 0 Å². The molecule has 4 nitrogen and oxygen atoms in total. The first-order chi connectivity index (χ1) is 13.4. The summed E-state index contributed by atoms with van der Waals surface area (Å²) in [4.78, 5) is 4.69. The summed E-state index contributed by atoms with van der Waals surface area (Å²) in [5, 5.41) is 7.01. The summed E-state index contributed by atoms with van der Waals surface area (Å²) >= 11 is 0. The van der Waals surface area contributed by atoms with Gasteiger partial charge in [-0.1, -0.05) is 60.7 Å². The molecule has 0 aliphatic heterocycles. The highest BCUT2D eigenvalue weighted by molar-refractivity contribution is 6.10. The molecular formula is C23H17N3O. The molecule has 0 spiro atoms. The van der Waals surface area contributed by atoms with E-state index in [2.05, 4.69) is 30.3 Å². The monoisotopic (exact) mass is 351 g/mol. The molecule has 0 radical (unpaired) electrons. The van der Waals surface area contributed by atoms with Gasteiger partial charge in [0.05, 0.1) is 18.3 Å². The molecule has 0 saturated carbocycles. The third-order valence-corrected chi connectivity index (χ3v) is 4.77. The molecule has 0 aliphatic carbocycles. The molecule has 3 aromatic carbocycles. The van der Waals surface area contributed by atoms with Crippen molar-refractivity contribution in [2.45, 2.75) is 0 Å². The molecule has 130 valence electrons. The largest absolute Gasteiger partial charge is 0.494 e. The summed E-state index contributed by atoms with van der Waals surface area (Å²) in [6.07, 6.45) is 1.90. The third-order valence-electron chi connectivity index (χ3n) is 4.77. The average Bonchev–Trinajstić information content (AvgIpc) is 3.15. The molecule has 0 aliphatic rings. The number of benzene rings is 3. The maximum Gasteiger partial charge on any atom is 0.145 e. The van der Waals surface area contributed by atoms with Crippen molar-refractivity contribution in [3.63, 3.8) is 0 Å². The third kappa shape index (κ3) is 2.46. The SMILES string of the molecule is COc1cccc2c1ncc1c(-c3ccccc3)nn(-c3ccccc3)c12. The van der Waals surface area contributed by atoms with Crippen molar-refractivity contribution in [1.82, 2.24) is 14.8 Å². The number of nitrogens with zero attached hydrogens (tertiary/aromatic N) is 3. The number of hydrogen-bond acceptors (Lipinski definition) is 3. The van der Waals surface area contributed by atoms with Crippen molar-refractivity contribution < 1.29 is 4.74 Å². The molecule has 5 aromatic rings. The van der Waals surface area contributed by atoms with Gasteiger partial charge in [-0.2, -0.15) is 5.10 Å². The fraction of sp³-hybridized carbons (Fsp3) is 0.0435. The molecule has 2 aromatic heterocycles. The highest BCUT2D eigenvalue weighted by Gasteiger charge is 2.18. The van der Waals surface area contributed by atoms with Crippen LogP contribution in [0.15, 0.2) is 85.1 Å². The molecule has 0 bridgehead atoms. The Morgan fingerprint density at radius 3 is 2.26 bits per heavy atom. The van der Waals surface area contributed by atoms with E-state index in [0.717, 1.165) is 44.5 Å².